The van der Waals surface area contributed by atoms with E-state index in [4.69, 9.17) is 6.42 Å². The summed E-state index contributed by atoms with van der Waals surface area (Å²) < 4.78 is 0. The van der Waals surface area contributed by atoms with Gasteiger partial charge in [-0.25, -0.2) is 0 Å². The van der Waals surface area contributed by atoms with E-state index in [2.05, 4.69) is 10.8 Å². The third kappa shape index (κ3) is 3.10. The van der Waals surface area contributed by atoms with Crippen molar-refractivity contribution in [1.29, 1.82) is 0 Å². The Morgan fingerprint density at radius 1 is 1.24 bits per heavy atom. The Morgan fingerprint density at radius 3 is 2.82 bits per heavy atom. The lowest BCUT2D eigenvalue weighted by atomic mass is 9.79. The Bertz CT molecular complexity index is 305. The van der Waals surface area contributed by atoms with Crippen LogP contribution < -0.4 is 0 Å². The van der Waals surface area contributed by atoms with Crippen LogP contribution in [0.3, 0.4) is 0 Å². The van der Waals surface area contributed by atoms with Gasteiger partial charge in [0, 0.05) is 31.3 Å². The molecule has 1 aliphatic heterocycles. The quantitative estimate of drug-likeness (QED) is 0.698. The molecule has 94 valence electrons. The van der Waals surface area contributed by atoms with E-state index in [9.17, 15) is 4.79 Å². The fraction of sp³-hybridized carbons (Fsp3) is 0.800. The van der Waals surface area contributed by atoms with Gasteiger partial charge in [-0.2, -0.15) is 0 Å². The van der Waals surface area contributed by atoms with Gasteiger partial charge in [0.25, 0.3) is 0 Å². The standard InChI is InChI=1S/C15H23NO/c1-2-3-11-16-12-7-6-9-14(16)13-8-4-5-10-15(13)17/h1,13-14H,3-12H2. The number of ketones is 1. The summed E-state index contributed by atoms with van der Waals surface area (Å²) in [5, 5.41) is 0. The maximum atomic E-state index is 12.0. The fourth-order valence-corrected chi connectivity index (χ4v) is 3.38. The minimum absolute atomic E-state index is 0.307. The highest BCUT2D eigenvalue weighted by Gasteiger charge is 2.34. The highest BCUT2D eigenvalue weighted by Crippen LogP contribution is 2.31. The van der Waals surface area contributed by atoms with Crippen LogP contribution in [0.25, 0.3) is 0 Å². The van der Waals surface area contributed by atoms with E-state index < -0.39 is 0 Å². The summed E-state index contributed by atoms with van der Waals surface area (Å²) in [5.41, 5.74) is 0. The van der Waals surface area contributed by atoms with Crippen molar-refractivity contribution in [3.63, 3.8) is 0 Å². The maximum absolute atomic E-state index is 12.0. The lowest BCUT2D eigenvalue weighted by Crippen LogP contribution is -2.47. The predicted octanol–water partition coefficient (Wildman–Crippen LogP) is 2.62. The first-order valence-electron chi connectivity index (χ1n) is 7.03. The molecule has 2 unspecified atom stereocenters. The third-order valence-corrected chi connectivity index (χ3v) is 4.27. The van der Waals surface area contributed by atoms with Crippen LogP contribution in [0.1, 0.15) is 51.4 Å². The van der Waals surface area contributed by atoms with Gasteiger partial charge in [-0.1, -0.05) is 12.8 Å². The van der Waals surface area contributed by atoms with Crippen molar-refractivity contribution in [2.45, 2.75) is 57.4 Å². The van der Waals surface area contributed by atoms with Crippen LogP contribution in [0.15, 0.2) is 0 Å². The van der Waals surface area contributed by atoms with Crippen molar-refractivity contribution in [3.05, 3.63) is 0 Å². The summed E-state index contributed by atoms with van der Waals surface area (Å²) in [4.78, 5) is 14.5. The van der Waals surface area contributed by atoms with Gasteiger partial charge in [-0.3, -0.25) is 9.69 Å². The number of hydrogen-bond acceptors (Lipinski definition) is 2. The van der Waals surface area contributed by atoms with Crippen molar-refractivity contribution in [3.8, 4) is 12.3 Å². The van der Waals surface area contributed by atoms with E-state index in [1.165, 1.54) is 25.7 Å². The summed E-state index contributed by atoms with van der Waals surface area (Å²) in [6.07, 6.45) is 14.2. The van der Waals surface area contributed by atoms with E-state index in [1.54, 1.807) is 0 Å². The van der Waals surface area contributed by atoms with Gasteiger partial charge in [0.2, 0.25) is 0 Å². The fourth-order valence-electron chi connectivity index (χ4n) is 3.38. The van der Waals surface area contributed by atoms with Crippen LogP contribution in [0, 0.1) is 18.3 Å². The van der Waals surface area contributed by atoms with Gasteiger partial charge in [0.15, 0.2) is 0 Å². The molecular formula is C15H23NO. The van der Waals surface area contributed by atoms with Gasteiger partial charge >= 0.3 is 0 Å². The summed E-state index contributed by atoms with van der Waals surface area (Å²) in [5.74, 6) is 3.54. The van der Waals surface area contributed by atoms with Crippen molar-refractivity contribution in [2.75, 3.05) is 13.1 Å². The van der Waals surface area contributed by atoms with Crippen LogP contribution in [0.2, 0.25) is 0 Å². The number of carbonyl (C=O) groups is 1. The van der Waals surface area contributed by atoms with Crippen LogP contribution in [0.5, 0.6) is 0 Å². The molecule has 0 aromatic carbocycles. The third-order valence-electron chi connectivity index (χ3n) is 4.27. The second-order valence-corrected chi connectivity index (χ2v) is 5.37. The Kier molecular flexibility index (Phi) is 4.62. The second kappa shape index (κ2) is 6.21. The Morgan fingerprint density at radius 2 is 2.06 bits per heavy atom. The van der Waals surface area contributed by atoms with Crippen LogP contribution >= 0.6 is 0 Å². The van der Waals surface area contributed by atoms with Crippen LogP contribution in [-0.2, 0) is 4.79 Å². The van der Waals surface area contributed by atoms with E-state index in [1.807, 2.05) is 0 Å². The normalized spacial score (nSPS) is 31.1. The van der Waals surface area contributed by atoms with Crippen molar-refractivity contribution in [2.24, 2.45) is 5.92 Å². The summed E-state index contributed by atoms with van der Waals surface area (Å²) in [6.45, 7) is 2.11. The largest absolute Gasteiger partial charge is 0.299 e. The van der Waals surface area contributed by atoms with Crippen molar-refractivity contribution >= 4 is 5.78 Å². The van der Waals surface area contributed by atoms with E-state index >= 15 is 0 Å². The molecule has 2 heteroatoms. The molecule has 2 nitrogen and oxygen atoms in total. The Balaban J connectivity index is 1.99. The number of piperidine rings is 1. The number of likely N-dealkylation sites (tertiary alicyclic amines) is 1. The molecule has 1 heterocycles. The van der Waals surface area contributed by atoms with Gasteiger partial charge in [0.1, 0.15) is 5.78 Å². The number of rotatable bonds is 3. The average Bonchev–Trinajstić information content (AvgIpc) is 2.37. The molecule has 1 saturated heterocycles. The molecule has 0 N–H and O–H groups in total. The highest BCUT2D eigenvalue weighted by molar-refractivity contribution is 5.82. The number of carbonyl (C=O) groups excluding carboxylic acids is 1. The lowest BCUT2D eigenvalue weighted by molar-refractivity contribution is -0.127. The molecule has 2 atom stereocenters. The zero-order chi connectivity index (χ0) is 12.1. The number of hydrogen-bond donors (Lipinski definition) is 0. The van der Waals surface area contributed by atoms with Gasteiger partial charge in [-0.05, 0) is 32.2 Å². The molecule has 2 fully saturated rings. The van der Waals surface area contributed by atoms with E-state index in [-0.39, 0.29) is 0 Å². The van der Waals surface area contributed by atoms with Gasteiger partial charge in [-0.15, -0.1) is 12.3 Å². The molecule has 0 radical (unpaired) electrons. The number of Topliss-reactive ketones (excluding diaryl/α,β-unsaturated/α-hetero) is 1. The molecule has 1 saturated carbocycles. The monoisotopic (exact) mass is 233 g/mol. The molecule has 0 aromatic rings. The Labute approximate surface area is 105 Å². The van der Waals surface area contributed by atoms with Gasteiger partial charge < -0.3 is 0 Å². The predicted molar refractivity (Wildman–Crippen MR) is 69.6 cm³/mol. The van der Waals surface area contributed by atoms with Crippen molar-refractivity contribution in [1.82, 2.24) is 4.90 Å². The summed E-state index contributed by atoms with van der Waals surface area (Å²) >= 11 is 0. The molecule has 2 rings (SSSR count). The van der Waals surface area contributed by atoms with E-state index in [0.29, 0.717) is 17.7 Å². The van der Waals surface area contributed by atoms with Gasteiger partial charge in [0.05, 0.1) is 0 Å². The Hall–Kier alpha value is -0.810. The smallest absolute Gasteiger partial charge is 0.137 e. The van der Waals surface area contributed by atoms with Crippen LogP contribution in [-0.4, -0.2) is 29.8 Å². The number of nitrogens with zero attached hydrogens (tertiary/aromatic N) is 1. The lowest BCUT2D eigenvalue weighted by Gasteiger charge is -2.41. The summed E-state index contributed by atoms with van der Waals surface area (Å²) in [6, 6.07) is 0.491. The topological polar surface area (TPSA) is 20.3 Å². The molecule has 2 aliphatic rings. The molecular weight excluding hydrogens is 210 g/mol. The maximum Gasteiger partial charge on any atom is 0.137 e. The SMILES string of the molecule is C#CCCN1CCCCC1C1CCCCC1=O. The molecule has 0 bridgehead atoms. The molecule has 1 aliphatic carbocycles. The molecule has 0 aromatic heterocycles. The van der Waals surface area contributed by atoms with Crippen molar-refractivity contribution < 1.29 is 4.79 Å². The zero-order valence-corrected chi connectivity index (χ0v) is 10.7. The number of terminal acetylenes is 1. The first-order chi connectivity index (χ1) is 8.33. The molecule has 17 heavy (non-hydrogen) atoms. The minimum atomic E-state index is 0.307. The second-order valence-electron chi connectivity index (χ2n) is 5.37. The first kappa shape index (κ1) is 12.6. The molecule has 0 amide bonds. The average molecular weight is 233 g/mol. The first-order valence-corrected chi connectivity index (χ1v) is 7.03. The van der Waals surface area contributed by atoms with E-state index in [0.717, 1.165) is 38.8 Å². The van der Waals surface area contributed by atoms with Crippen LogP contribution in [0.4, 0.5) is 0 Å². The zero-order valence-electron chi connectivity index (χ0n) is 10.7. The minimum Gasteiger partial charge on any atom is -0.299 e. The summed E-state index contributed by atoms with van der Waals surface area (Å²) in [7, 11) is 0. The molecule has 0 spiro atoms. The highest BCUT2D eigenvalue weighted by atomic mass is 16.1.